The van der Waals surface area contributed by atoms with Crippen LogP contribution in [0.3, 0.4) is 0 Å². The van der Waals surface area contributed by atoms with Gasteiger partial charge in [0, 0.05) is 28.6 Å². The molecule has 7 heteroatoms. The minimum absolute atomic E-state index is 0.0681. The molecule has 0 aromatic heterocycles. The van der Waals surface area contributed by atoms with Gasteiger partial charge in [0.05, 0.1) is 25.6 Å². The number of nitrogens with zero attached hydrogens (tertiary/aromatic N) is 1. The molecule has 0 atom stereocenters. The highest BCUT2D eigenvalue weighted by Gasteiger charge is 2.18. The molecule has 0 radical (unpaired) electrons. The first kappa shape index (κ1) is 14.4. The lowest BCUT2D eigenvalue weighted by atomic mass is 10.1. The molecule has 0 fully saturated rings. The monoisotopic (exact) mass is 317 g/mol. The van der Waals surface area contributed by atoms with Gasteiger partial charge in [0.15, 0.2) is 0 Å². The van der Waals surface area contributed by atoms with Crippen molar-refractivity contribution in [2.24, 2.45) is 0 Å². The van der Waals surface area contributed by atoms with Crippen molar-refractivity contribution in [2.45, 2.75) is 11.8 Å². The summed E-state index contributed by atoms with van der Waals surface area (Å²) in [6, 6.07) is 2.73. The van der Waals surface area contributed by atoms with Crippen LogP contribution in [0.15, 0.2) is 12.1 Å². The van der Waals surface area contributed by atoms with Crippen LogP contribution in [-0.2, 0) is 21.3 Å². The fourth-order valence-corrected chi connectivity index (χ4v) is 1.98. The molecule has 0 aliphatic carbocycles. The molecule has 0 amide bonds. The molecule has 0 unspecified atom stereocenters. The lowest BCUT2D eigenvalue weighted by Gasteiger charge is -2.11. The van der Waals surface area contributed by atoms with Gasteiger partial charge in [0.1, 0.15) is 5.75 Å². The van der Waals surface area contributed by atoms with E-state index in [0.29, 0.717) is 22.2 Å². The van der Waals surface area contributed by atoms with Crippen molar-refractivity contribution in [2.75, 3.05) is 14.2 Å². The molecule has 0 saturated carbocycles. The van der Waals surface area contributed by atoms with Gasteiger partial charge in [-0.25, -0.2) is 0 Å². The summed E-state index contributed by atoms with van der Waals surface area (Å²) in [5.74, 6) is -0.0165. The van der Waals surface area contributed by atoms with Gasteiger partial charge >= 0.3 is 5.97 Å². The molecule has 0 spiro atoms. The third kappa shape index (κ3) is 3.19. The molecule has 0 bridgehead atoms. The molecular formula is C11H12BrNO5. The first-order valence-electron chi connectivity index (χ1n) is 5.00. The largest absolute Gasteiger partial charge is 0.496 e. The number of hydrogen-bond acceptors (Lipinski definition) is 5. The van der Waals surface area contributed by atoms with Gasteiger partial charge < -0.3 is 9.47 Å². The number of ether oxygens (including phenoxy) is 2. The van der Waals surface area contributed by atoms with Crippen LogP contribution in [0.1, 0.15) is 11.1 Å². The molecule has 18 heavy (non-hydrogen) atoms. The van der Waals surface area contributed by atoms with Gasteiger partial charge in [-0.15, -0.1) is 0 Å². The normalized spacial score (nSPS) is 9.94. The second-order valence-corrected chi connectivity index (χ2v) is 4.00. The van der Waals surface area contributed by atoms with E-state index in [1.54, 1.807) is 0 Å². The zero-order valence-electron chi connectivity index (χ0n) is 9.94. The van der Waals surface area contributed by atoms with Crippen LogP contribution in [-0.4, -0.2) is 25.1 Å². The Hall–Kier alpha value is -1.63. The van der Waals surface area contributed by atoms with Crippen molar-refractivity contribution in [3.8, 4) is 5.75 Å². The predicted octanol–water partition coefficient (Wildman–Crippen LogP) is 2.21. The van der Waals surface area contributed by atoms with Gasteiger partial charge in [-0.2, -0.15) is 0 Å². The van der Waals surface area contributed by atoms with E-state index >= 15 is 0 Å². The summed E-state index contributed by atoms with van der Waals surface area (Å²) in [6.07, 6.45) is -0.0681. The van der Waals surface area contributed by atoms with E-state index in [9.17, 15) is 14.9 Å². The predicted molar refractivity (Wildman–Crippen MR) is 68.0 cm³/mol. The zero-order chi connectivity index (χ0) is 13.7. The highest BCUT2D eigenvalue weighted by atomic mass is 79.9. The smallest absolute Gasteiger partial charge is 0.310 e. The topological polar surface area (TPSA) is 78.7 Å². The number of benzene rings is 1. The summed E-state index contributed by atoms with van der Waals surface area (Å²) in [7, 11) is 2.71. The third-order valence-electron chi connectivity index (χ3n) is 2.35. The molecular weight excluding hydrogens is 306 g/mol. The maximum absolute atomic E-state index is 11.3. The highest BCUT2D eigenvalue weighted by Crippen LogP contribution is 2.31. The van der Waals surface area contributed by atoms with E-state index in [-0.39, 0.29) is 12.1 Å². The van der Waals surface area contributed by atoms with E-state index < -0.39 is 10.9 Å². The molecule has 1 rings (SSSR count). The Kier molecular flexibility index (Phi) is 5.08. The van der Waals surface area contributed by atoms with Gasteiger partial charge in [0.2, 0.25) is 0 Å². The van der Waals surface area contributed by atoms with Crippen molar-refractivity contribution in [1.29, 1.82) is 0 Å². The molecule has 0 aliphatic heterocycles. The molecule has 1 aromatic rings. The van der Waals surface area contributed by atoms with Crippen LogP contribution in [0.5, 0.6) is 5.75 Å². The number of esters is 1. The number of nitro benzene ring substituents is 1. The van der Waals surface area contributed by atoms with Gasteiger partial charge in [-0.05, 0) is 0 Å². The van der Waals surface area contributed by atoms with Crippen LogP contribution in [0, 0.1) is 10.1 Å². The number of hydrogen-bond donors (Lipinski definition) is 0. The van der Waals surface area contributed by atoms with E-state index in [1.807, 2.05) is 0 Å². The number of alkyl halides is 1. The lowest BCUT2D eigenvalue weighted by Crippen LogP contribution is -2.07. The van der Waals surface area contributed by atoms with E-state index in [0.717, 1.165) is 0 Å². The van der Waals surface area contributed by atoms with Crippen molar-refractivity contribution in [3.05, 3.63) is 33.4 Å². The third-order valence-corrected chi connectivity index (χ3v) is 2.95. The van der Waals surface area contributed by atoms with E-state index in [2.05, 4.69) is 20.7 Å². The van der Waals surface area contributed by atoms with Crippen molar-refractivity contribution < 1.29 is 19.2 Å². The van der Waals surface area contributed by atoms with Crippen LogP contribution in [0.4, 0.5) is 5.69 Å². The van der Waals surface area contributed by atoms with Crippen LogP contribution < -0.4 is 4.74 Å². The second-order valence-electron chi connectivity index (χ2n) is 3.44. The lowest BCUT2D eigenvalue weighted by molar-refractivity contribution is -0.385. The Balaban J connectivity index is 3.30. The molecule has 0 heterocycles. The van der Waals surface area contributed by atoms with Crippen LogP contribution in [0.2, 0.25) is 0 Å². The first-order valence-corrected chi connectivity index (χ1v) is 6.12. The Morgan fingerprint density at radius 2 is 2.00 bits per heavy atom. The number of carbonyl (C=O) groups is 1. The number of methoxy groups -OCH3 is 2. The van der Waals surface area contributed by atoms with E-state index in [1.165, 1.54) is 26.4 Å². The van der Waals surface area contributed by atoms with E-state index in [4.69, 9.17) is 4.74 Å². The van der Waals surface area contributed by atoms with Crippen LogP contribution >= 0.6 is 15.9 Å². The average molecular weight is 318 g/mol. The molecule has 0 saturated heterocycles. The second kappa shape index (κ2) is 6.34. The van der Waals surface area contributed by atoms with Crippen molar-refractivity contribution in [3.63, 3.8) is 0 Å². The quantitative estimate of drug-likeness (QED) is 0.360. The fourth-order valence-electron chi connectivity index (χ4n) is 1.56. The number of rotatable bonds is 5. The number of carbonyl (C=O) groups excluding carboxylic acids is 1. The summed E-state index contributed by atoms with van der Waals surface area (Å²) >= 11 is 3.23. The Labute approximate surface area is 112 Å². The first-order chi connectivity index (χ1) is 8.53. The van der Waals surface area contributed by atoms with Crippen molar-refractivity contribution >= 4 is 27.6 Å². The summed E-state index contributed by atoms with van der Waals surface area (Å²) in [5, 5.41) is 11.2. The molecule has 6 nitrogen and oxygen atoms in total. The Morgan fingerprint density at radius 1 is 1.39 bits per heavy atom. The summed E-state index contributed by atoms with van der Waals surface area (Å²) in [6.45, 7) is 0. The Morgan fingerprint density at radius 3 is 2.44 bits per heavy atom. The summed E-state index contributed by atoms with van der Waals surface area (Å²) < 4.78 is 9.74. The SMILES string of the molecule is COC(=O)Cc1cc([N+](=O)[O-])cc(CBr)c1OC. The van der Waals surface area contributed by atoms with Crippen LogP contribution in [0.25, 0.3) is 0 Å². The van der Waals surface area contributed by atoms with Gasteiger partial charge in [0.25, 0.3) is 5.69 Å². The maximum Gasteiger partial charge on any atom is 0.310 e. The number of non-ortho nitro benzene ring substituents is 1. The zero-order valence-corrected chi connectivity index (χ0v) is 11.5. The fraction of sp³-hybridized carbons (Fsp3) is 0.364. The Bertz CT molecular complexity index is 475. The molecule has 0 N–H and O–H groups in total. The molecule has 1 aromatic carbocycles. The highest BCUT2D eigenvalue weighted by molar-refractivity contribution is 9.08. The maximum atomic E-state index is 11.3. The van der Waals surface area contributed by atoms with Gasteiger partial charge in [-0.3, -0.25) is 14.9 Å². The van der Waals surface area contributed by atoms with Crippen molar-refractivity contribution in [1.82, 2.24) is 0 Å². The number of halogens is 1. The minimum atomic E-state index is -0.508. The standard InChI is InChI=1S/C11H12BrNO5/c1-17-10(14)5-7-3-9(13(15)16)4-8(6-12)11(7)18-2/h3-4H,5-6H2,1-2H3. The molecule has 98 valence electrons. The molecule has 0 aliphatic rings. The summed E-state index contributed by atoms with van der Waals surface area (Å²) in [4.78, 5) is 21.6. The minimum Gasteiger partial charge on any atom is -0.496 e. The van der Waals surface area contributed by atoms with Gasteiger partial charge in [-0.1, -0.05) is 15.9 Å². The number of nitro groups is 1. The average Bonchev–Trinajstić information content (AvgIpc) is 2.37. The summed E-state index contributed by atoms with van der Waals surface area (Å²) in [5.41, 5.74) is 0.975.